The highest BCUT2D eigenvalue weighted by atomic mass is 16.4. The maximum Gasteiger partial charge on any atom is 0.338 e. The summed E-state index contributed by atoms with van der Waals surface area (Å²) in [5.41, 5.74) is 5.76. The zero-order valence-corrected chi connectivity index (χ0v) is 10.8. The van der Waals surface area contributed by atoms with Crippen LogP contribution in [-0.4, -0.2) is 22.5 Å². The van der Waals surface area contributed by atoms with Crippen LogP contribution in [0, 0.1) is 6.92 Å². The maximum absolute atomic E-state index is 11.9. The Morgan fingerprint density at radius 3 is 2.56 bits per heavy atom. The largest absolute Gasteiger partial charge is 0.478 e. The van der Waals surface area contributed by atoms with E-state index >= 15 is 0 Å². The Labute approximate surface area is 106 Å². The molecule has 0 heterocycles. The Balaban J connectivity index is 3.09. The third-order valence-electron chi connectivity index (χ3n) is 2.99. The average molecular weight is 250 g/mol. The number of carbonyl (C=O) groups is 2. The van der Waals surface area contributed by atoms with Crippen LogP contribution in [-0.2, 0) is 4.79 Å². The van der Waals surface area contributed by atoms with Crippen LogP contribution in [0.15, 0.2) is 18.2 Å². The van der Waals surface area contributed by atoms with Crippen molar-refractivity contribution in [2.45, 2.75) is 32.7 Å². The molecule has 1 amide bonds. The van der Waals surface area contributed by atoms with E-state index in [1.54, 1.807) is 39.0 Å². The van der Waals surface area contributed by atoms with Crippen molar-refractivity contribution >= 4 is 17.6 Å². The molecule has 0 saturated carbocycles. The summed E-state index contributed by atoms with van der Waals surface area (Å²) in [6, 6.07) is 4.93. The molecule has 0 bridgehead atoms. The van der Waals surface area contributed by atoms with Crippen molar-refractivity contribution in [3.8, 4) is 0 Å². The first-order valence-electron chi connectivity index (χ1n) is 5.73. The lowest BCUT2D eigenvalue weighted by atomic mass is 9.98. The van der Waals surface area contributed by atoms with Crippen LogP contribution in [0.2, 0.25) is 0 Å². The number of carboxylic acids is 1. The van der Waals surface area contributed by atoms with Crippen molar-refractivity contribution in [1.29, 1.82) is 0 Å². The Hall–Kier alpha value is -1.88. The van der Waals surface area contributed by atoms with Gasteiger partial charge in [-0.15, -0.1) is 0 Å². The normalized spacial score (nSPS) is 13.8. The van der Waals surface area contributed by atoms with Gasteiger partial charge in [-0.05, 0) is 31.9 Å². The third kappa shape index (κ3) is 2.87. The van der Waals surface area contributed by atoms with Gasteiger partial charge in [0.1, 0.15) is 0 Å². The smallest absolute Gasteiger partial charge is 0.338 e. The molecule has 5 nitrogen and oxygen atoms in total. The standard InChI is InChI=1S/C13H18N2O3/c1-4-13(3,14)12(18)15-9-7-5-6-8(2)10(9)11(16)17/h5-7H,4,14H2,1-3H3,(H,15,18)(H,16,17). The molecule has 1 aromatic rings. The molecule has 1 rings (SSSR count). The SMILES string of the molecule is CCC(C)(N)C(=O)Nc1cccc(C)c1C(=O)O. The first kappa shape index (κ1) is 14.2. The molecule has 0 spiro atoms. The highest BCUT2D eigenvalue weighted by molar-refractivity contribution is 6.04. The first-order chi connectivity index (χ1) is 8.29. The van der Waals surface area contributed by atoms with Gasteiger partial charge >= 0.3 is 5.97 Å². The minimum Gasteiger partial charge on any atom is -0.478 e. The molecule has 0 aliphatic carbocycles. The van der Waals surface area contributed by atoms with Gasteiger partial charge in [-0.25, -0.2) is 4.79 Å². The highest BCUT2D eigenvalue weighted by Crippen LogP contribution is 2.21. The molecule has 0 radical (unpaired) electrons. The van der Waals surface area contributed by atoms with Crippen molar-refractivity contribution in [2.75, 3.05) is 5.32 Å². The number of aromatic carboxylic acids is 1. The van der Waals surface area contributed by atoms with Crippen molar-refractivity contribution in [1.82, 2.24) is 0 Å². The van der Waals surface area contributed by atoms with Crippen LogP contribution in [0.4, 0.5) is 5.69 Å². The summed E-state index contributed by atoms with van der Waals surface area (Å²) >= 11 is 0. The van der Waals surface area contributed by atoms with E-state index < -0.39 is 17.4 Å². The minimum absolute atomic E-state index is 0.0951. The zero-order chi connectivity index (χ0) is 13.9. The van der Waals surface area contributed by atoms with E-state index in [2.05, 4.69) is 5.32 Å². The quantitative estimate of drug-likeness (QED) is 0.759. The summed E-state index contributed by atoms with van der Waals surface area (Å²) in [6.07, 6.45) is 0.465. The molecule has 0 fully saturated rings. The molecule has 1 aromatic carbocycles. The van der Waals surface area contributed by atoms with Gasteiger partial charge in [0.05, 0.1) is 16.8 Å². The fourth-order valence-corrected chi connectivity index (χ4v) is 1.48. The van der Waals surface area contributed by atoms with Crippen LogP contribution in [0.3, 0.4) is 0 Å². The second kappa shape index (κ2) is 5.18. The molecule has 0 aromatic heterocycles. The molecule has 0 aliphatic rings. The van der Waals surface area contributed by atoms with Gasteiger partial charge in [-0.1, -0.05) is 19.1 Å². The van der Waals surface area contributed by atoms with Gasteiger partial charge in [0, 0.05) is 0 Å². The van der Waals surface area contributed by atoms with E-state index in [4.69, 9.17) is 10.8 Å². The topological polar surface area (TPSA) is 92.4 Å². The van der Waals surface area contributed by atoms with Gasteiger partial charge in [0.2, 0.25) is 5.91 Å². The number of nitrogens with two attached hydrogens (primary N) is 1. The van der Waals surface area contributed by atoms with Crippen molar-refractivity contribution in [2.24, 2.45) is 5.73 Å². The number of amides is 1. The van der Waals surface area contributed by atoms with Crippen LogP contribution < -0.4 is 11.1 Å². The number of carboxylic acid groups (broad SMARTS) is 1. The molecule has 0 saturated heterocycles. The second-order valence-corrected chi connectivity index (χ2v) is 4.53. The van der Waals surface area contributed by atoms with Crippen molar-refractivity contribution in [3.63, 3.8) is 0 Å². The monoisotopic (exact) mass is 250 g/mol. The summed E-state index contributed by atoms with van der Waals surface area (Å²) < 4.78 is 0. The molecular formula is C13H18N2O3. The lowest BCUT2D eigenvalue weighted by Crippen LogP contribution is -2.48. The average Bonchev–Trinajstić information content (AvgIpc) is 2.28. The number of aryl methyl sites for hydroxylation is 1. The Bertz CT molecular complexity index is 481. The number of benzene rings is 1. The predicted molar refractivity (Wildman–Crippen MR) is 69.7 cm³/mol. The van der Waals surface area contributed by atoms with Crippen LogP contribution in [0.25, 0.3) is 0 Å². The third-order valence-corrected chi connectivity index (χ3v) is 2.99. The Morgan fingerprint density at radius 2 is 2.06 bits per heavy atom. The van der Waals surface area contributed by atoms with E-state index in [1.807, 2.05) is 0 Å². The number of hydrogen-bond donors (Lipinski definition) is 3. The molecule has 18 heavy (non-hydrogen) atoms. The summed E-state index contributed by atoms with van der Waals surface area (Å²) in [5, 5.41) is 11.7. The van der Waals surface area contributed by atoms with Gasteiger partial charge in [0.25, 0.3) is 0 Å². The summed E-state index contributed by atoms with van der Waals surface area (Å²) in [4.78, 5) is 23.1. The predicted octanol–water partition coefficient (Wildman–Crippen LogP) is 1.76. The minimum atomic E-state index is -1.07. The van der Waals surface area contributed by atoms with Crippen LogP contribution in [0.5, 0.6) is 0 Å². The lowest BCUT2D eigenvalue weighted by Gasteiger charge is -2.22. The van der Waals surface area contributed by atoms with Gasteiger partial charge in [-0.2, -0.15) is 0 Å². The molecule has 0 aliphatic heterocycles. The Kier molecular flexibility index (Phi) is 4.08. The molecule has 4 N–H and O–H groups in total. The van der Waals surface area contributed by atoms with E-state index in [0.29, 0.717) is 12.0 Å². The van der Waals surface area contributed by atoms with Crippen LogP contribution >= 0.6 is 0 Å². The summed E-state index contributed by atoms with van der Waals surface area (Å²) in [5.74, 6) is -1.46. The fourth-order valence-electron chi connectivity index (χ4n) is 1.48. The number of carbonyl (C=O) groups excluding carboxylic acids is 1. The summed E-state index contributed by atoms with van der Waals surface area (Å²) in [7, 11) is 0. The van der Waals surface area contributed by atoms with Crippen molar-refractivity contribution < 1.29 is 14.7 Å². The van der Waals surface area contributed by atoms with E-state index in [1.165, 1.54) is 0 Å². The fraction of sp³-hybridized carbons (Fsp3) is 0.385. The van der Waals surface area contributed by atoms with Crippen LogP contribution in [0.1, 0.15) is 36.2 Å². The number of rotatable bonds is 4. The Morgan fingerprint density at radius 1 is 1.44 bits per heavy atom. The van der Waals surface area contributed by atoms with Gasteiger partial charge < -0.3 is 16.2 Å². The summed E-state index contributed by atoms with van der Waals surface area (Å²) in [6.45, 7) is 5.09. The number of anilines is 1. The highest BCUT2D eigenvalue weighted by Gasteiger charge is 2.27. The van der Waals surface area contributed by atoms with Gasteiger partial charge in [0.15, 0.2) is 0 Å². The first-order valence-corrected chi connectivity index (χ1v) is 5.73. The lowest BCUT2D eigenvalue weighted by molar-refractivity contribution is -0.120. The van der Waals surface area contributed by atoms with E-state index in [0.717, 1.165) is 0 Å². The molecule has 1 unspecified atom stereocenters. The van der Waals surface area contributed by atoms with E-state index in [-0.39, 0.29) is 11.3 Å². The number of hydrogen-bond acceptors (Lipinski definition) is 3. The second-order valence-electron chi connectivity index (χ2n) is 4.53. The molecular weight excluding hydrogens is 232 g/mol. The maximum atomic E-state index is 11.9. The molecule has 1 atom stereocenters. The molecule has 98 valence electrons. The molecule has 5 heteroatoms. The number of nitrogens with one attached hydrogen (secondary N) is 1. The van der Waals surface area contributed by atoms with Crippen molar-refractivity contribution in [3.05, 3.63) is 29.3 Å². The van der Waals surface area contributed by atoms with E-state index in [9.17, 15) is 9.59 Å². The zero-order valence-electron chi connectivity index (χ0n) is 10.8. The van der Waals surface area contributed by atoms with Gasteiger partial charge in [-0.3, -0.25) is 4.79 Å².